The number of alkyl halides is 2. The normalized spacial score (nSPS) is 16.0. The van der Waals surface area contributed by atoms with E-state index in [-0.39, 0.29) is 12.4 Å². The maximum Gasteiger partial charge on any atom is 0.250 e. The number of fused-ring (bicyclic) bond motifs is 1. The summed E-state index contributed by atoms with van der Waals surface area (Å²) in [6.45, 7) is 17.8. The second-order valence-electron chi connectivity index (χ2n) is 8.82. The molecular formula is C26H37BF2N. The zero-order valence-corrected chi connectivity index (χ0v) is 19.0. The third kappa shape index (κ3) is 7.14. The lowest BCUT2D eigenvalue weighted by Crippen LogP contribution is -2.41. The first kappa shape index (κ1) is 24.4. The molecule has 0 amide bonds. The number of hydrogen-bond acceptors (Lipinski definition) is 1. The first-order chi connectivity index (χ1) is 14.1. The summed E-state index contributed by atoms with van der Waals surface area (Å²) in [4.78, 5) is 0. The van der Waals surface area contributed by atoms with Crippen molar-refractivity contribution in [3.8, 4) is 0 Å². The maximum atomic E-state index is 13.2. The van der Waals surface area contributed by atoms with Gasteiger partial charge in [-0.2, -0.15) is 0 Å². The number of nitrogens with one attached hydrogen (secondary N) is 1. The molecule has 0 saturated carbocycles. The third-order valence-electron chi connectivity index (χ3n) is 6.15. The zero-order chi connectivity index (χ0) is 22.3. The van der Waals surface area contributed by atoms with Crippen LogP contribution in [-0.2, 0) is 12.7 Å². The Hall–Kier alpha value is -1.84. The molecule has 0 aromatic heterocycles. The average molecular weight is 412 g/mol. The molecule has 1 aliphatic heterocycles. The summed E-state index contributed by atoms with van der Waals surface area (Å²) in [5, 5.41) is 3.17. The highest BCUT2D eigenvalue weighted by Crippen LogP contribution is 2.30. The van der Waals surface area contributed by atoms with E-state index >= 15 is 0 Å². The first-order valence-corrected chi connectivity index (χ1v) is 11.3. The van der Waals surface area contributed by atoms with Gasteiger partial charge in [-0.25, -0.2) is 8.78 Å². The molecule has 163 valence electrons. The fourth-order valence-corrected chi connectivity index (χ4v) is 4.51. The van der Waals surface area contributed by atoms with Gasteiger partial charge in [0.25, 0.3) is 5.92 Å². The van der Waals surface area contributed by atoms with Crippen LogP contribution < -0.4 is 5.32 Å². The van der Waals surface area contributed by atoms with Crippen LogP contribution in [0.5, 0.6) is 0 Å². The summed E-state index contributed by atoms with van der Waals surface area (Å²) in [6.07, 6.45) is 6.71. The Morgan fingerprint density at radius 1 is 1.20 bits per heavy atom. The fourth-order valence-electron chi connectivity index (χ4n) is 4.51. The van der Waals surface area contributed by atoms with Gasteiger partial charge in [0.15, 0.2) is 0 Å². The summed E-state index contributed by atoms with van der Waals surface area (Å²) in [5.41, 5.74) is 6.78. The van der Waals surface area contributed by atoms with Gasteiger partial charge in [0, 0.05) is 5.70 Å². The van der Waals surface area contributed by atoms with Crippen LogP contribution in [0.1, 0.15) is 76.0 Å². The van der Waals surface area contributed by atoms with Crippen molar-refractivity contribution in [1.29, 1.82) is 0 Å². The highest BCUT2D eigenvalue weighted by atomic mass is 19.3. The molecule has 4 heteroatoms. The lowest BCUT2D eigenvalue weighted by Gasteiger charge is -2.29. The number of rotatable bonds is 12. The molecule has 30 heavy (non-hydrogen) atoms. The highest BCUT2D eigenvalue weighted by molar-refractivity contribution is 6.38. The van der Waals surface area contributed by atoms with Gasteiger partial charge in [-0.3, -0.25) is 0 Å². The predicted octanol–water partition coefficient (Wildman–Crippen LogP) is 7.10. The van der Waals surface area contributed by atoms with Gasteiger partial charge in [-0.1, -0.05) is 63.7 Å². The van der Waals surface area contributed by atoms with Crippen LogP contribution in [0.4, 0.5) is 8.78 Å². The van der Waals surface area contributed by atoms with E-state index in [2.05, 4.69) is 64.4 Å². The van der Waals surface area contributed by atoms with Gasteiger partial charge in [0.05, 0.1) is 6.42 Å². The maximum absolute atomic E-state index is 13.2. The van der Waals surface area contributed by atoms with Gasteiger partial charge < -0.3 is 5.32 Å². The van der Waals surface area contributed by atoms with Crippen molar-refractivity contribution in [3.63, 3.8) is 0 Å². The van der Waals surface area contributed by atoms with Crippen LogP contribution in [-0.4, -0.2) is 19.1 Å². The molecule has 1 heterocycles. The summed E-state index contributed by atoms with van der Waals surface area (Å²) < 4.78 is 26.4. The van der Waals surface area contributed by atoms with Crippen LogP contribution in [0.2, 0.25) is 0 Å². The van der Waals surface area contributed by atoms with Crippen LogP contribution in [0.3, 0.4) is 0 Å². The van der Waals surface area contributed by atoms with Crippen molar-refractivity contribution in [2.75, 3.05) is 0 Å². The molecule has 1 aromatic rings. The standard InChI is InChI=1S/C26H37BF2N/c1-7-21(8-2)18(3)11-9-12-19(4)23-14-10-13-22-15-25(27-17-24(22)23)30-20(5)16-26(6,28)29/h10,13-14,21,25,30H,3-5,7-9,11-12,15-17H2,1-2,6H3. The van der Waals surface area contributed by atoms with E-state index in [0.29, 0.717) is 11.6 Å². The molecule has 1 aliphatic rings. The molecule has 1 nitrogen and oxygen atoms in total. The lowest BCUT2D eigenvalue weighted by atomic mass is 9.57. The number of allylic oxidation sites excluding steroid dienone is 3. The second-order valence-corrected chi connectivity index (χ2v) is 8.82. The van der Waals surface area contributed by atoms with E-state index in [9.17, 15) is 8.78 Å². The minimum absolute atomic E-state index is 0.0409. The summed E-state index contributed by atoms with van der Waals surface area (Å²) in [5.74, 6) is -2.07. The molecule has 1 radical (unpaired) electrons. The van der Waals surface area contributed by atoms with Crippen molar-refractivity contribution in [3.05, 3.63) is 65.9 Å². The van der Waals surface area contributed by atoms with Crippen LogP contribution in [0.25, 0.3) is 5.57 Å². The molecule has 0 bridgehead atoms. The molecule has 1 aromatic carbocycles. The lowest BCUT2D eigenvalue weighted by molar-refractivity contribution is 0.0211. The minimum Gasteiger partial charge on any atom is -0.394 e. The largest absolute Gasteiger partial charge is 0.394 e. The van der Waals surface area contributed by atoms with Crippen LogP contribution >= 0.6 is 0 Å². The van der Waals surface area contributed by atoms with Gasteiger partial charge in [0.2, 0.25) is 0 Å². The Bertz CT molecular complexity index is 759. The molecule has 1 N–H and O–H groups in total. The molecule has 0 spiro atoms. The first-order valence-electron chi connectivity index (χ1n) is 11.3. The van der Waals surface area contributed by atoms with Gasteiger partial charge >= 0.3 is 0 Å². The molecular weight excluding hydrogens is 375 g/mol. The number of halogens is 2. The van der Waals surface area contributed by atoms with Crippen molar-refractivity contribution in [2.24, 2.45) is 5.92 Å². The fraction of sp³-hybridized carbons (Fsp3) is 0.538. The van der Waals surface area contributed by atoms with E-state index in [1.54, 1.807) is 0 Å². The zero-order valence-electron chi connectivity index (χ0n) is 19.0. The van der Waals surface area contributed by atoms with E-state index < -0.39 is 5.92 Å². The Morgan fingerprint density at radius 2 is 1.90 bits per heavy atom. The molecule has 1 unspecified atom stereocenters. The second kappa shape index (κ2) is 11.0. The van der Waals surface area contributed by atoms with Crippen LogP contribution in [0, 0.1) is 5.92 Å². The summed E-state index contributed by atoms with van der Waals surface area (Å²) in [7, 11) is 2.17. The third-order valence-corrected chi connectivity index (χ3v) is 6.15. The van der Waals surface area contributed by atoms with Crippen molar-refractivity contribution in [1.82, 2.24) is 5.32 Å². The van der Waals surface area contributed by atoms with E-state index in [1.165, 1.54) is 27.8 Å². The van der Waals surface area contributed by atoms with Crippen LogP contribution in [0.15, 0.2) is 49.2 Å². The topological polar surface area (TPSA) is 12.0 Å². The Kier molecular flexibility index (Phi) is 8.94. The van der Waals surface area contributed by atoms with Gasteiger partial charge in [0.1, 0.15) is 7.28 Å². The van der Waals surface area contributed by atoms with Crippen molar-refractivity contribution in [2.45, 2.75) is 83.9 Å². The van der Waals surface area contributed by atoms with E-state index in [4.69, 9.17) is 0 Å². The Balaban J connectivity index is 1.94. The van der Waals surface area contributed by atoms with Crippen molar-refractivity contribution >= 4 is 12.9 Å². The van der Waals surface area contributed by atoms with Gasteiger partial charge in [-0.05, 0) is 79.6 Å². The predicted molar refractivity (Wildman–Crippen MR) is 127 cm³/mol. The summed E-state index contributed by atoms with van der Waals surface area (Å²) in [6, 6.07) is 6.38. The molecule has 2 rings (SSSR count). The smallest absolute Gasteiger partial charge is 0.250 e. The van der Waals surface area contributed by atoms with Gasteiger partial charge in [-0.15, -0.1) is 0 Å². The van der Waals surface area contributed by atoms with E-state index in [0.717, 1.165) is 51.8 Å². The Morgan fingerprint density at radius 3 is 2.53 bits per heavy atom. The quantitative estimate of drug-likeness (QED) is 0.285. The molecule has 0 aliphatic carbocycles. The summed E-state index contributed by atoms with van der Waals surface area (Å²) >= 11 is 0. The SMILES string of the molecule is C=C(CC(C)(F)F)NC1[B]Cc2c(cccc2C(=C)CCCC(=C)C(CC)CC)C1. The highest BCUT2D eigenvalue weighted by Gasteiger charge is 2.26. The number of hydrogen-bond donors (Lipinski definition) is 1. The molecule has 0 saturated heterocycles. The van der Waals surface area contributed by atoms with E-state index in [1.807, 2.05) is 0 Å². The molecule has 1 atom stereocenters. The minimum atomic E-state index is -2.73. The Labute approximate surface area is 183 Å². The average Bonchev–Trinajstić information content (AvgIpc) is 2.66. The molecule has 0 fully saturated rings. The monoisotopic (exact) mass is 412 g/mol. The number of benzene rings is 1. The van der Waals surface area contributed by atoms with Crippen molar-refractivity contribution < 1.29 is 8.78 Å².